The number of hydrogen-bond acceptors (Lipinski definition) is 6. The fourth-order valence-corrected chi connectivity index (χ4v) is 6.11. The van der Waals surface area contributed by atoms with E-state index in [-0.39, 0.29) is 35.6 Å². The van der Waals surface area contributed by atoms with E-state index < -0.39 is 9.84 Å². The van der Waals surface area contributed by atoms with Crippen LogP contribution in [-0.2, 0) is 21.2 Å². The number of amides is 1. The highest BCUT2D eigenvalue weighted by Gasteiger charge is 2.34. The minimum Gasteiger partial charge on any atom is -0.337 e. The molecule has 1 saturated heterocycles. The van der Waals surface area contributed by atoms with E-state index in [0.29, 0.717) is 23.2 Å². The average molecular weight is 398 g/mol. The smallest absolute Gasteiger partial charge is 0.262 e. The second kappa shape index (κ2) is 7.11. The molecule has 142 valence electrons. The molecule has 3 rings (SSSR count). The van der Waals surface area contributed by atoms with Crippen LogP contribution >= 0.6 is 11.3 Å². The Morgan fingerprint density at radius 1 is 1.42 bits per heavy atom. The normalized spacial score (nSPS) is 19.1. The first-order valence-electron chi connectivity index (χ1n) is 8.68. The number of thiophene rings is 1. The molecule has 0 radical (unpaired) electrons. The van der Waals surface area contributed by atoms with Gasteiger partial charge in [0.25, 0.3) is 5.56 Å². The van der Waals surface area contributed by atoms with Gasteiger partial charge in [0.15, 0.2) is 9.84 Å². The first-order chi connectivity index (χ1) is 12.2. The largest absolute Gasteiger partial charge is 0.337 e. The number of carbonyl (C=O) groups excluding carboxylic acids is 1. The maximum atomic E-state index is 12.8. The average Bonchev–Trinajstić information content (AvgIpc) is 3.07. The van der Waals surface area contributed by atoms with Gasteiger partial charge in [0.2, 0.25) is 5.91 Å². The Kier molecular flexibility index (Phi) is 5.21. The summed E-state index contributed by atoms with van der Waals surface area (Å²) in [5, 5.41) is 0.563. The number of hydrogen-bond donors (Lipinski definition) is 0. The van der Waals surface area contributed by atoms with Gasteiger partial charge in [-0.15, -0.1) is 11.3 Å². The molecule has 9 heteroatoms. The summed E-state index contributed by atoms with van der Waals surface area (Å²) in [6.45, 7) is 6.14. The van der Waals surface area contributed by atoms with E-state index in [2.05, 4.69) is 4.98 Å². The van der Waals surface area contributed by atoms with Crippen LogP contribution in [0, 0.1) is 13.8 Å². The van der Waals surface area contributed by atoms with Crippen LogP contribution in [0.4, 0.5) is 0 Å². The lowest BCUT2D eigenvalue weighted by Crippen LogP contribution is -2.44. The molecule has 3 heterocycles. The number of nitrogens with zero attached hydrogens (tertiary/aromatic N) is 3. The topological polar surface area (TPSA) is 89.3 Å². The van der Waals surface area contributed by atoms with Crippen LogP contribution in [-0.4, -0.2) is 52.9 Å². The Bertz CT molecular complexity index is 1010. The van der Waals surface area contributed by atoms with Crippen LogP contribution in [0.3, 0.4) is 0 Å². The zero-order chi connectivity index (χ0) is 19.1. The zero-order valence-electron chi connectivity index (χ0n) is 15.2. The van der Waals surface area contributed by atoms with Crippen LogP contribution in [0.1, 0.15) is 30.2 Å². The number of aryl methyl sites for hydroxylation is 2. The van der Waals surface area contributed by atoms with E-state index in [1.165, 1.54) is 22.2 Å². The summed E-state index contributed by atoms with van der Waals surface area (Å²) in [7, 11) is -3.08. The molecule has 7 nitrogen and oxygen atoms in total. The molecule has 0 aromatic carbocycles. The summed E-state index contributed by atoms with van der Waals surface area (Å²) in [6.07, 6.45) is 2.61. The third kappa shape index (κ3) is 3.55. The number of rotatable bonds is 5. The van der Waals surface area contributed by atoms with E-state index in [4.69, 9.17) is 0 Å². The summed E-state index contributed by atoms with van der Waals surface area (Å²) < 4.78 is 24.9. The summed E-state index contributed by atoms with van der Waals surface area (Å²) in [4.78, 5) is 33.2. The quantitative estimate of drug-likeness (QED) is 0.763. The van der Waals surface area contributed by atoms with E-state index in [9.17, 15) is 18.0 Å². The molecular formula is C17H23N3O4S2. The summed E-state index contributed by atoms with van der Waals surface area (Å²) in [5.74, 6) is -0.110. The highest BCUT2D eigenvalue weighted by molar-refractivity contribution is 7.91. The minimum atomic E-state index is -3.08. The van der Waals surface area contributed by atoms with E-state index in [1.807, 2.05) is 20.8 Å². The predicted molar refractivity (Wildman–Crippen MR) is 102 cm³/mol. The van der Waals surface area contributed by atoms with Gasteiger partial charge in [-0.25, -0.2) is 13.4 Å². The van der Waals surface area contributed by atoms with Gasteiger partial charge in [0.05, 0.1) is 23.2 Å². The molecule has 0 spiro atoms. The highest BCUT2D eigenvalue weighted by Crippen LogP contribution is 2.25. The summed E-state index contributed by atoms with van der Waals surface area (Å²) in [6, 6.07) is -0.301. The Labute approximate surface area is 156 Å². The predicted octanol–water partition coefficient (Wildman–Crippen LogP) is 1.50. The van der Waals surface area contributed by atoms with Crippen molar-refractivity contribution in [1.82, 2.24) is 14.5 Å². The fourth-order valence-electron chi connectivity index (χ4n) is 3.39. The number of fused-ring (bicyclic) bond motifs is 1. The molecule has 1 aliphatic rings. The molecule has 0 aliphatic carbocycles. The first-order valence-corrected chi connectivity index (χ1v) is 11.3. The molecule has 1 fully saturated rings. The van der Waals surface area contributed by atoms with Gasteiger partial charge in [-0.3, -0.25) is 14.2 Å². The number of sulfone groups is 1. The van der Waals surface area contributed by atoms with Gasteiger partial charge in [-0.1, -0.05) is 6.92 Å². The molecular weight excluding hydrogens is 374 g/mol. The van der Waals surface area contributed by atoms with Gasteiger partial charge in [0, 0.05) is 17.5 Å². The van der Waals surface area contributed by atoms with Crippen LogP contribution in [0.2, 0.25) is 0 Å². The van der Waals surface area contributed by atoms with Crippen molar-refractivity contribution in [3.8, 4) is 0 Å². The molecule has 0 saturated carbocycles. The Morgan fingerprint density at radius 2 is 2.15 bits per heavy atom. The van der Waals surface area contributed by atoms with Crippen molar-refractivity contribution in [3.05, 3.63) is 27.1 Å². The molecule has 1 aliphatic heterocycles. The number of carbonyl (C=O) groups is 1. The van der Waals surface area contributed by atoms with Crippen LogP contribution < -0.4 is 5.56 Å². The van der Waals surface area contributed by atoms with Crippen molar-refractivity contribution in [3.63, 3.8) is 0 Å². The van der Waals surface area contributed by atoms with Crippen molar-refractivity contribution >= 4 is 37.3 Å². The lowest BCUT2D eigenvalue weighted by atomic mass is 10.2. The SMILES string of the molecule is CCCN(C(=O)Cn1cnc2sc(C)c(C)c2c1=O)[C@H]1CCS(=O)(=O)C1. The molecule has 2 aromatic rings. The van der Waals surface area contributed by atoms with E-state index in [0.717, 1.165) is 16.9 Å². The number of aromatic nitrogens is 2. The van der Waals surface area contributed by atoms with Crippen molar-refractivity contribution in [2.45, 2.75) is 46.2 Å². The molecule has 2 aromatic heterocycles. The molecule has 1 atom stereocenters. The monoisotopic (exact) mass is 397 g/mol. The van der Waals surface area contributed by atoms with Gasteiger partial charge in [0.1, 0.15) is 11.4 Å². The second-order valence-electron chi connectivity index (χ2n) is 6.79. The van der Waals surface area contributed by atoms with Crippen molar-refractivity contribution in [2.24, 2.45) is 0 Å². The van der Waals surface area contributed by atoms with E-state index in [1.54, 1.807) is 4.90 Å². The minimum absolute atomic E-state index is 0.00770. The molecule has 0 N–H and O–H groups in total. The van der Waals surface area contributed by atoms with Crippen molar-refractivity contribution in [1.29, 1.82) is 0 Å². The maximum absolute atomic E-state index is 12.8. The molecule has 26 heavy (non-hydrogen) atoms. The molecule has 0 unspecified atom stereocenters. The Morgan fingerprint density at radius 3 is 2.77 bits per heavy atom. The summed E-state index contributed by atoms with van der Waals surface area (Å²) >= 11 is 1.47. The van der Waals surface area contributed by atoms with Crippen LogP contribution in [0.15, 0.2) is 11.1 Å². The zero-order valence-corrected chi connectivity index (χ0v) is 16.8. The highest BCUT2D eigenvalue weighted by atomic mass is 32.2. The lowest BCUT2D eigenvalue weighted by molar-refractivity contribution is -0.133. The van der Waals surface area contributed by atoms with Gasteiger partial charge in [-0.05, 0) is 32.3 Å². The second-order valence-corrected chi connectivity index (χ2v) is 10.2. The lowest BCUT2D eigenvalue weighted by Gasteiger charge is -2.28. The standard InChI is InChI=1S/C17H23N3O4S2/c1-4-6-20(13-5-7-26(23,24)9-13)14(21)8-19-10-18-16-15(17(19)22)11(2)12(3)25-16/h10,13H,4-9H2,1-3H3/t13-/m0/s1. The van der Waals surface area contributed by atoms with Gasteiger partial charge < -0.3 is 4.90 Å². The first kappa shape index (κ1) is 19.0. The molecule has 1 amide bonds. The van der Waals surface area contributed by atoms with Crippen molar-refractivity contribution < 1.29 is 13.2 Å². The fraction of sp³-hybridized carbons (Fsp3) is 0.588. The van der Waals surface area contributed by atoms with E-state index >= 15 is 0 Å². The van der Waals surface area contributed by atoms with Crippen LogP contribution in [0.5, 0.6) is 0 Å². The Balaban J connectivity index is 1.88. The third-order valence-electron chi connectivity index (χ3n) is 4.90. The maximum Gasteiger partial charge on any atom is 0.262 e. The van der Waals surface area contributed by atoms with Crippen molar-refractivity contribution in [2.75, 3.05) is 18.1 Å². The molecule has 0 bridgehead atoms. The summed E-state index contributed by atoms with van der Waals surface area (Å²) in [5.41, 5.74) is 0.678. The Hall–Kier alpha value is -1.74. The van der Waals surface area contributed by atoms with Gasteiger partial charge >= 0.3 is 0 Å². The third-order valence-corrected chi connectivity index (χ3v) is 7.76. The van der Waals surface area contributed by atoms with Crippen LogP contribution in [0.25, 0.3) is 10.2 Å². The van der Waals surface area contributed by atoms with Gasteiger partial charge in [-0.2, -0.15) is 0 Å².